The summed E-state index contributed by atoms with van der Waals surface area (Å²) >= 11 is 1.27. The summed E-state index contributed by atoms with van der Waals surface area (Å²) in [5.41, 5.74) is 0.169. The Bertz CT molecular complexity index is 1490. The van der Waals surface area contributed by atoms with E-state index in [1.165, 1.54) is 40.9 Å². The Kier molecular flexibility index (Phi) is 5.76. The molecule has 0 aliphatic rings. The summed E-state index contributed by atoms with van der Waals surface area (Å²) in [6, 6.07) is 10.5. The van der Waals surface area contributed by atoms with E-state index in [4.69, 9.17) is 4.74 Å². The molecule has 0 unspecified atom stereocenters. The quantitative estimate of drug-likeness (QED) is 0.431. The zero-order chi connectivity index (χ0) is 22.9. The third kappa shape index (κ3) is 4.39. The molecule has 32 heavy (non-hydrogen) atoms. The summed E-state index contributed by atoms with van der Waals surface area (Å²) in [5, 5.41) is 1.71. The Morgan fingerprint density at radius 3 is 2.78 bits per heavy atom. The van der Waals surface area contributed by atoms with E-state index in [0.29, 0.717) is 4.96 Å². The molecule has 4 rings (SSSR count). The zero-order valence-electron chi connectivity index (χ0n) is 16.6. The number of carbonyl (C=O) groups excluding carboxylic acids is 1. The second kappa shape index (κ2) is 8.52. The van der Waals surface area contributed by atoms with Crippen molar-refractivity contribution in [1.82, 2.24) is 9.38 Å². The van der Waals surface area contributed by atoms with Crippen LogP contribution in [-0.4, -0.2) is 23.8 Å². The minimum Gasteiger partial charge on any atom is -0.456 e. The molecule has 0 radical (unpaired) electrons. The maximum Gasteiger partial charge on any atom is 0.340 e. The highest BCUT2D eigenvalue weighted by Crippen LogP contribution is 2.23. The minimum atomic E-state index is -4.09. The van der Waals surface area contributed by atoms with Crippen LogP contribution in [0.4, 0.5) is 10.1 Å². The predicted octanol–water partition coefficient (Wildman–Crippen LogP) is 3.36. The fourth-order valence-corrected chi connectivity index (χ4v) is 5.09. The molecule has 0 spiro atoms. The van der Waals surface area contributed by atoms with Gasteiger partial charge in [0.05, 0.1) is 21.8 Å². The molecule has 164 valence electrons. The molecule has 2 aromatic heterocycles. The van der Waals surface area contributed by atoms with Gasteiger partial charge in [-0.2, -0.15) is 0 Å². The number of halogens is 1. The number of aromatic nitrogens is 2. The van der Waals surface area contributed by atoms with Crippen molar-refractivity contribution in [2.45, 2.75) is 18.4 Å². The van der Waals surface area contributed by atoms with Gasteiger partial charge in [0.15, 0.2) is 4.96 Å². The van der Waals surface area contributed by atoms with Gasteiger partial charge in [0, 0.05) is 17.6 Å². The summed E-state index contributed by atoms with van der Waals surface area (Å²) in [4.78, 5) is 29.3. The van der Waals surface area contributed by atoms with Crippen molar-refractivity contribution in [3.05, 3.63) is 93.1 Å². The van der Waals surface area contributed by atoms with Crippen LogP contribution in [0.1, 0.15) is 21.6 Å². The lowest BCUT2D eigenvalue weighted by Crippen LogP contribution is -2.18. The van der Waals surface area contributed by atoms with Crippen molar-refractivity contribution in [3.63, 3.8) is 0 Å². The molecule has 0 fully saturated rings. The minimum absolute atomic E-state index is 0.00274. The molecule has 0 aliphatic heterocycles. The van der Waals surface area contributed by atoms with Crippen molar-refractivity contribution >= 4 is 38.0 Å². The third-order valence-electron chi connectivity index (χ3n) is 4.53. The highest BCUT2D eigenvalue weighted by molar-refractivity contribution is 7.92. The number of esters is 1. The molecule has 2 aromatic carbocycles. The number of nitrogens with one attached hydrogen (secondary N) is 1. The molecule has 0 aliphatic carbocycles. The van der Waals surface area contributed by atoms with Gasteiger partial charge in [-0.15, -0.1) is 11.3 Å². The van der Waals surface area contributed by atoms with E-state index in [1.807, 2.05) is 0 Å². The first-order chi connectivity index (χ1) is 15.2. The van der Waals surface area contributed by atoms with Crippen molar-refractivity contribution in [2.75, 3.05) is 4.72 Å². The van der Waals surface area contributed by atoms with Crippen LogP contribution >= 0.6 is 11.3 Å². The van der Waals surface area contributed by atoms with Crippen LogP contribution in [0.2, 0.25) is 0 Å². The molecule has 0 atom stereocenters. The summed E-state index contributed by atoms with van der Waals surface area (Å²) in [5.74, 6) is -1.35. The highest BCUT2D eigenvalue weighted by Gasteiger charge is 2.21. The molecule has 1 N–H and O–H groups in total. The van der Waals surface area contributed by atoms with E-state index >= 15 is 0 Å². The van der Waals surface area contributed by atoms with Gasteiger partial charge in [-0.1, -0.05) is 12.1 Å². The molecular formula is C21H16FN3O5S2. The van der Waals surface area contributed by atoms with Gasteiger partial charge >= 0.3 is 5.97 Å². The van der Waals surface area contributed by atoms with E-state index < -0.39 is 21.8 Å². The standard InChI is InChI=1S/C21H16FN3O5S2/c1-13-10-14(22)6-7-18(13)32(28,29)24-17-5-3-2-4-16(17)20(27)30-12-15-11-19(26)25-8-9-31-21(25)23-15/h2-11,24H,12H2,1H3. The number of para-hydroxylation sites is 1. The Hall–Kier alpha value is -3.57. The average Bonchev–Trinajstić information content (AvgIpc) is 3.21. The topological polar surface area (TPSA) is 107 Å². The first kappa shape index (κ1) is 21.7. The summed E-state index contributed by atoms with van der Waals surface area (Å²) in [6.07, 6.45) is 1.59. The van der Waals surface area contributed by atoms with Gasteiger partial charge in [0.25, 0.3) is 15.6 Å². The number of rotatable bonds is 6. The molecule has 0 amide bonds. The zero-order valence-corrected chi connectivity index (χ0v) is 18.2. The lowest BCUT2D eigenvalue weighted by Gasteiger charge is -2.13. The number of benzene rings is 2. The highest BCUT2D eigenvalue weighted by atomic mass is 32.2. The van der Waals surface area contributed by atoms with Crippen LogP contribution in [0, 0.1) is 12.7 Å². The molecular weight excluding hydrogens is 457 g/mol. The molecule has 0 saturated carbocycles. The molecule has 0 saturated heterocycles. The van der Waals surface area contributed by atoms with Crippen molar-refractivity contribution < 1.29 is 22.3 Å². The number of anilines is 1. The Morgan fingerprint density at radius 2 is 2.00 bits per heavy atom. The molecule has 2 heterocycles. The second-order valence-corrected chi connectivity index (χ2v) is 9.30. The van der Waals surface area contributed by atoms with Crippen LogP contribution in [0.3, 0.4) is 0 Å². The number of aryl methyl sites for hydroxylation is 1. The Morgan fingerprint density at radius 1 is 1.22 bits per heavy atom. The molecule has 0 bridgehead atoms. The number of sulfonamides is 1. The van der Waals surface area contributed by atoms with E-state index in [-0.39, 0.29) is 39.6 Å². The normalized spacial score (nSPS) is 11.4. The fourth-order valence-electron chi connectivity index (χ4n) is 3.04. The van der Waals surface area contributed by atoms with Crippen molar-refractivity contribution in [2.24, 2.45) is 0 Å². The average molecular weight is 474 g/mol. The number of nitrogens with zero attached hydrogens (tertiary/aromatic N) is 2. The number of ether oxygens (including phenoxy) is 1. The first-order valence-corrected chi connectivity index (χ1v) is 11.6. The largest absolute Gasteiger partial charge is 0.456 e. The van der Waals surface area contributed by atoms with Gasteiger partial charge in [-0.05, 0) is 42.8 Å². The van der Waals surface area contributed by atoms with Gasteiger partial charge < -0.3 is 4.74 Å². The van der Waals surface area contributed by atoms with E-state index in [1.54, 1.807) is 23.7 Å². The maximum atomic E-state index is 13.3. The van der Waals surface area contributed by atoms with Crippen LogP contribution in [0.25, 0.3) is 4.96 Å². The monoisotopic (exact) mass is 473 g/mol. The fraction of sp³-hybridized carbons (Fsp3) is 0.0952. The smallest absolute Gasteiger partial charge is 0.340 e. The van der Waals surface area contributed by atoms with E-state index in [0.717, 1.165) is 18.2 Å². The van der Waals surface area contributed by atoms with Gasteiger partial charge in [-0.3, -0.25) is 13.9 Å². The van der Waals surface area contributed by atoms with Crippen LogP contribution in [-0.2, 0) is 21.4 Å². The second-order valence-electron chi connectivity index (χ2n) is 6.78. The van der Waals surface area contributed by atoms with Crippen LogP contribution in [0.15, 0.2) is 69.8 Å². The number of fused-ring (bicyclic) bond motifs is 1. The van der Waals surface area contributed by atoms with Crippen molar-refractivity contribution in [3.8, 4) is 0 Å². The SMILES string of the molecule is Cc1cc(F)ccc1S(=O)(=O)Nc1ccccc1C(=O)OCc1cc(=O)n2ccsc2n1. The lowest BCUT2D eigenvalue weighted by molar-refractivity contribution is 0.0469. The van der Waals surface area contributed by atoms with Crippen LogP contribution in [0.5, 0.6) is 0 Å². The summed E-state index contributed by atoms with van der Waals surface area (Å²) < 4.78 is 47.9. The third-order valence-corrected chi connectivity index (χ3v) is 6.81. The Balaban J connectivity index is 1.55. The summed E-state index contributed by atoms with van der Waals surface area (Å²) in [7, 11) is -4.09. The molecule has 11 heteroatoms. The van der Waals surface area contributed by atoms with Gasteiger partial charge in [0.2, 0.25) is 0 Å². The molecule has 8 nitrogen and oxygen atoms in total. The van der Waals surface area contributed by atoms with E-state index in [9.17, 15) is 22.4 Å². The van der Waals surface area contributed by atoms with Gasteiger partial charge in [0.1, 0.15) is 12.4 Å². The van der Waals surface area contributed by atoms with E-state index in [2.05, 4.69) is 9.71 Å². The number of carbonyl (C=O) groups is 1. The number of hydrogen-bond donors (Lipinski definition) is 1. The number of thiazole rings is 1. The Labute approximate surface area is 186 Å². The predicted molar refractivity (Wildman–Crippen MR) is 117 cm³/mol. The van der Waals surface area contributed by atoms with Crippen LogP contribution < -0.4 is 10.3 Å². The first-order valence-electron chi connectivity index (χ1n) is 9.25. The summed E-state index contributed by atoms with van der Waals surface area (Å²) in [6.45, 7) is 1.21. The van der Waals surface area contributed by atoms with Gasteiger partial charge in [-0.25, -0.2) is 22.6 Å². The number of hydrogen-bond acceptors (Lipinski definition) is 7. The lowest BCUT2D eigenvalue weighted by atomic mass is 10.2. The van der Waals surface area contributed by atoms with Crippen molar-refractivity contribution in [1.29, 1.82) is 0 Å². The molecule has 4 aromatic rings. The maximum absolute atomic E-state index is 13.3.